The maximum Gasteiger partial charge on any atom is 0.225 e. The Balaban J connectivity index is 1.79. The Morgan fingerprint density at radius 1 is 1.35 bits per heavy atom. The summed E-state index contributed by atoms with van der Waals surface area (Å²) in [6.07, 6.45) is 7.09. The summed E-state index contributed by atoms with van der Waals surface area (Å²) in [5.74, 6) is 0.954. The molecular formula is C14H26N2O. The van der Waals surface area contributed by atoms with E-state index in [4.69, 9.17) is 0 Å². The number of amides is 1. The fourth-order valence-corrected chi connectivity index (χ4v) is 3.19. The molecule has 2 fully saturated rings. The Kier molecular flexibility index (Phi) is 4.08. The first kappa shape index (κ1) is 12.9. The van der Waals surface area contributed by atoms with Crippen molar-refractivity contribution < 1.29 is 4.79 Å². The van der Waals surface area contributed by atoms with Crippen molar-refractivity contribution in [1.29, 1.82) is 0 Å². The molecule has 1 heterocycles. The lowest BCUT2D eigenvalue weighted by molar-refractivity contribution is -0.130. The Hall–Kier alpha value is -0.570. The van der Waals surface area contributed by atoms with Crippen LogP contribution in [0.25, 0.3) is 0 Å². The summed E-state index contributed by atoms with van der Waals surface area (Å²) in [6.45, 7) is 6.30. The van der Waals surface area contributed by atoms with Crippen LogP contribution in [0.4, 0.5) is 0 Å². The van der Waals surface area contributed by atoms with Crippen molar-refractivity contribution in [3.63, 3.8) is 0 Å². The molecule has 1 saturated carbocycles. The molecule has 2 N–H and O–H groups in total. The van der Waals surface area contributed by atoms with Gasteiger partial charge >= 0.3 is 0 Å². The van der Waals surface area contributed by atoms with Gasteiger partial charge in [-0.15, -0.1) is 0 Å². The zero-order valence-electron chi connectivity index (χ0n) is 11.2. The van der Waals surface area contributed by atoms with Crippen molar-refractivity contribution in [2.24, 2.45) is 11.3 Å². The lowest BCUT2D eigenvalue weighted by Gasteiger charge is -2.31. The molecule has 0 radical (unpaired) electrons. The SMILES string of the molecule is CC1CCCNC1CNC(=O)C1(C)CCCC1. The van der Waals surface area contributed by atoms with E-state index in [0.29, 0.717) is 12.0 Å². The Labute approximate surface area is 105 Å². The van der Waals surface area contributed by atoms with Gasteiger partial charge in [0.25, 0.3) is 0 Å². The van der Waals surface area contributed by atoms with E-state index in [9.17, 15) is 4.79 Å². The third-order valence-electron chi connectivity index (χ3n) is 4.67. The van der Waals surface area contributed by atoms with Gasteiger partial charge in [0.1, 0.15) is 0 Å². The lowest BCUT2D eigenvalue weighted by atomic mass is 9.87. The first-order valence-corrected chi connectivity index (χ1v) is 7.13. The van der Waals surface area contributed by atoms with Gasteiger partial charge in [0, 0.05) is 18.0 Å². The van der Waals surface area contributed by atoms with Crippen LogP contribution in [0.15, 0.2) is 0 Å². The fraction of sp³-hybridized carbons (Fsp3) is 0.929. The highest BCUT2D eigenvalue weighted by Crippen LogP contribution is 2.37. The minimum absolute atomic E-state index is 0.0854. The monoisotopic (exact) mass is 238 g/mol. The molecule has 2 atom stereocenters. The van der Waals surface area contributed by atoms with Gasteiger partial charge in [0.2, 0.25) is 5.91 Å². The third-order valence-corrected chi connectivity index (χ3v) is 4.67. The third kappa shape index (κ3) is 3.01. The van der Waals surface area contributed by atoms with Crippen molar-refractivity contribution in [3.05, 3.63) is 0 Å². The van der Waals surface area contributed by atoms with Gasteiger partial charge < -0.3 is 10.6 Å². The first-order chi connectivity index (χ1) is 8.12. The predicted octanol–water partition coefficient (Wildman–Crippen LogP) is 2.07. The molecule has 0 aromatic heterocycles. The summed E-state index contributed by atoms with van der Waals surface area (Å²) in [4.78, 5) is 12.2. The van der Waals surface area contributed by atoms with E-state index < -0.39 is 0 Å². The minimum Gasteiger partial charge on any atom is -0.354 e. The average Bonchev–Trinajstić information content (AvgIpc) is 2.76. The van der Waals surface area contributed by atoms with E-state index in [2.05, 4.69) is 24.5 Å². The van der Waals surface area contributed by atoms with E-state index in [1.54, 1.807) is 0 Å². The normalized spacial score (nSPS) is 32.4. The van der Waals surface area contributed by atoms with Crippen LogP contribution in [0, 0.1) is 11.3 Å². The van der Waals surface area contributed by atoms with Gasteiger partial charge in [-0.05, 0) is 38.1 Å². The molecule has 3 heteroatoms. The van der Waals surface area contributed by atoms with Gasteiger partial charge in [-0.25, -0.2) is 0 Å². The van der Waals surface area contributed by atoms with Crippen molar-refractivity contribution in [2.45, 2.75) is 58.4 Å². The molecular weight excluding hydrogens is 212 g/mol. The molecule has 2 rings (SSSR count). The van der Waals surface area contributed by atoms with Crippen molar-refractivity contribution in [2.75, 3.05) is 13.1 Å². The predicted molar refractivity (Wildman–Crippen MR) is 69.8 cm³/mol. The topological polar surface area (TPSA) is 41.1 Å². The lowest BCUT2D eigenvalue weighted by Crippen LogP contribution is -2.50. The van der Waals surface area contributed by atoms with E-state index in [0.717, 1.165) is 25.9 Å². The molecule has 2 aliphatic rings. The summed E-state index contributed by atoms with van der Waals surface area (Å²) < 4.78 is 0. The summed E-state index contributed by atoms with van der Waals surface area (Å²) >= 11 is 0. The molecule has 98 valence electrons. The molecule has 1 amide bonds. The van der Waals surface area contributed by atoms with E-state index in [1.807, 2.05) is 0 Å². The van der Waals surface area contributed by atoms with Gasteiger partial charge in [0.15, 0.2) is 0 Å². The molecule has 1 aliphatic carbocycles. The summed E-state index contributed by atoms with van der Waals surface area (Å²) in [7, 11) is 0. The zero-order valence-corrected chi connectivity index (χ0v) is 11.2. The largest absolute Gasteiger partial charge is 0.354 e. The number of carbonyl (C=O) groups excluding carboxylic acids is 1. The molecule has 2 unspecified atom stereocenters. The smallest absolute Gasteiger partial charge is 0.225 e. The molecule has 0 bridgehead atoms. The summed E-state index contributed by atoms with van der Waals surface area (Å²) in [6, 6.07) is 0.470. The second kappa shape index (κ2) is 5.38. The van der Waals surface area contributed by atoms with Crippen LogP contribution in [-0.2, 0) is 4.79 Å². The van der Waals surface area contributed by atoms with Crippen LogP contribution in [0.1, 0.15) is 52.4 Å². The molecule has 0 spiro atoms. The van der Waals surface area contributed by atoms with Crippen LogP contribution in [-0.4, -0.2) is 25.0 Å². The van der Waals surface area contributed by atoms with Gasteiger partial charge in [-0.3, -0.25) is 4.79 Å². The molecule has 0 aromatic rings. The Morgan fingerprint density at radius 2 is 2.06 bits per heavy atom. The highest BCUT2D eigenvalue weighted by Gasteiger charge is 2.36. The molecule has 17 heavy (non-hydrogen) atoms. The highest BCUT2D eigenvalue weighted by atomic mass is 16.2. The Bertz CT molecular complexity index is 271. The second-order valence-electron chi connectivity index (χ2n) is 6.16. The number of carbonyl (C=O) groups is 1. The molecule has 1 saturated heterocycles. The van der Waals surface area contributed by atoms with Gasteiger partial charge in [-0.2, -0.15) is 0 Å². The quantitative estimate of drug-likeness (QED) is 0.790. The van der Waals surface area contributed by atoms with Crippen LogP contribution < -0.4 is 10.6 Å². The van der Waals surface area contributed by atoms with Crippen molar-refractivity contribution in [1.82, 2.24) is 10.6 Å². The minimum atomic E-state index is -0.0854. The van der Waals surface area contributed by atoms with E-state index >= 15 is 0 Å². The van der Waals surface area contributed by atoms with Crippen LogP contribution in [0.5, 0.6) is 0 Å². The summed E-state index contributed by atoms with van der Waals surface area (Å²) in [5.41, 5.74) is -0.0854. The number of nitrogens with one attached hydrogen (secondary N) is 2. The maximum atomic E-state index is 12.2. The number of hydrogen-bond acceptors (Lipinski definition) is 2. The second-order valence-corrected chi connectivity index (χ2v) is 6.16. The number of rotatable bonds is 3. The fourth-order valence-electron chi connectivity index (χ4n) is 3.19. The van der Waals surface area contributed by atoms with Crippen molar-refractivity contribution in [3.8, 4) is 0 Å². The van der Waals surface area contributed by atoms with Gasteiger partial charge in [-0.1, -0.05) is 26.7 Å². The van der Waals surface area contributed by atoms with Crippen LogP contribution in [0.2, 0.25) is 0 Å². The zero-order chi connectivity index (χ0) is 12.3. The number of hydrogen-bond donors (Lipinski definition) is 2. The van der Waals surface area contributed by atoms with E-state index in [-0.39, 0.29) is 11.3 Å². The summed E-state index contributed by atoms with van der Waals surface area (Å²) in [5, 5.41) is 6.68. The first-order valence-electron chi connectivity index (χ1n) is 7.13. The average molecular weight is 238 g/mol. The standard InChI is InChI=1S/C14H26N2O/c1-11-6-5-9-15-12(11)10-16-13(17)14(2)7-3-4-8-14/h11-12,15H,3-10H2,1-2H3,(H,16,17). The maximum absolute atomic E-state index is 12.2. The van der Waals surface area contributed by atoms with Crippen LogP contribution >= 0.6 is 0 Å². The van der Waals surface area contributed by atoms with Crippen molar-refractivity contribution >= 4 is 5.91 Å². The highest BCUT2D eigenvalue weighted by molar-refractivity contribution is 5.82. The van der Waals surface area contributed by atoms with E-state index in [1.165, 1.54) is 25.7 Å². The molecule has 3 nitrogen and oxygen atoms in total. The molecule has 0 aromatic carbocycles. The van der Waals surface area contributed by atoms with Gasteiger partial charge in [0.05, 0.1) is 0 Å². The van der Waals surface area contributed by atoms with Crippen LogP contribution in [0.3, 0.4) is 0 Å². The molecule has 1 aliphatic heterocycles. The Morgan fingerprint density at radius 3 is 2.71 bits per heavy atom. The number of piperidine rings is 1.